The molecule has 1 aliphatic rings. The standard InChI is InChI=1S/C27H33N3O6/c1-27(2,3)36-25(33)28-16-10-9-13-20(29-26(34)35-18-19-11-5-4-6-12-19)17-30-23(31)21-14-7-8-15-22(21)24(30)32/h4-8,11-12,14-15,20H,9-10,13,16-18H2,1-3H3,(H,28,33)(H,29,34)/t20-/m0/s1. The van der Waals surface area contributed by atoms with E-state index in [0.717, 1.165) is 10.5 Å². The Morgan fingerprint density at radius 1 is 0.889 bits per heavy atom. The molecule has 3 rings (SSSR count). The number of hydrogen-bond acceptors (Lipinski definition) is 6. The molecule has 1 aliphatic heterocycles. The van der Waals surface area contributed by atoms with Gasteiger partial charge in [0, 0.05) is 13.1 Å². The van der Waals surface area contributed by atoms with Crippen molar-refractivity contribution in [3.63, 3.8) is 0 Å². The fourth-order valence-electron chi connectivity index (χ4n) is 3.79. The second kappa shape index (κ2) is 12.2. The third-order valence-electron chi connectivity index (χ3n) is 5.46. The molecular weight excluding hydrogens is 462 g/mol. The molecule has 1 heterocycles. The molecule has 0 unspecified atom stereocenters. The minimum absolute atomic E-state index is 0.0201. The lowest BCUT2D eigenvalue weighted by Crippen LogP contribution is -2.46. The highest BCUT2D eigenvalue weighted by molar-refractivity contribution is 6.21. The summed E-state index contributed by atoms with van der Waals surface area (Å²) in [5, 5.41) is 5.49. The van der Waals surface area contributed by atoms with Crippen LogP contribution in [0.15, 0.2) is 54.6 Å². The van der Waals surface area contributed by atoms with Crippen molar-refractivity contribution in [1.29, 1.82) is 0 Å². The van der Waals surface area contributed by atoms with Crippen molar-refractivity contribution < 1.29 is 28.7 Å². The van der Waals surface area contributed by atoms with E-state index in [4.69, 9.17) is 9.47 Å². The molecule has 192 valence electrons. The van der Waals surface area contributed by atoms with Crippen molar-refractivity contribution in [2.45, 2.75) is 58.3 Å². The van der Waals surface area contributed by atoms with Crippen LogP contribution >= 0.6 is 0 Å². The molecule has 0 aromatic heterocycles. The van der Waals surface area contributed by atoms with Crippen LogP contribution in [0.3, 0.4) is 0 Å². The predicted molar refractivity (Wildman–Crippen MR) is 133 cm³/mol. The average molecular weight is 496 g/mol. The van der Waals surface area contributed by atoms with E-state index in [1.54, 1.807) is 45.0 Å². The Balaban J connectivity index is 1.55. The van der Waals surface area contributed by atoms with Gasteiger partial charge in [0.1, 0.15) is 12.2 Å². The van der Waals surface area contributed by atoms with Crippen LogP contribution in [-0.2, 0) is 16.1 Å². The normalized spacial score (nSPS) is 13.7. The average Bonchev–Trinajstić information content (AvgIpc) is 3.07. The van der Waals surface area contributed by atoms with Gasteiger partial charge in [0.25, 0.3) is 11.8 Å². The lowest BCUT2D eigenvalue weighted by molar-refractivity contribution is 0.0524. The molecule has 36 heavy (non-hydrogen) atoms. The summed E-state index contributed by atoms with van der Waals surface area (Å²) in [6.45, 7) is 5.89. The van der Waals surface area contributed by atoms with E-state index in [1.807, 2.05) is 30.3 Å². The van der Waals surface area contributed by atoms with Gasteiger partial charge in [-0.05, 0) is 57.7 Å². The lowest BCUT2D eigenvalue weighted by Gasteiger charge is -2.24. The third kappa shape index (κ3) is 7.83. The number of nitrogens with one attached hydrogen (secondary N) is 2. The first-order chi connectivity index (χ1) is 17.1. The number of rotatable bonds is 10. The molecule has 0 bridgehead atoms. The Kier molecular flexibility index (Phi) is 9.05. The fraction of sp³-hybridized carbons (Fsp3) is 0.407. The summed E-state index contributed by atoms with van der Waals surface area (Å²) in [6, 6.07) is 15.4. The van der Waals surface area contributed by atoms with Gasteiger partial charge in [-0.2, -0.15) is 0 Å². The number of amides is 4. The first-order valence-electron chi connectivity index (χ1n) is 12.0. The smallest absolute Gasteiger partial charge is 0.407 e. The first kappa shape index (κ1) is 26.7. The molecule has 0 fully saturated rings. The second-order valence-corrected chi connectivity index (χ2v) is 9.59. The molecule has 4 amide bonds. The Hall–Kier alpha value is -3.88. The van der Waals surface area contributed by atoms with Gasteiger partial charge < -0.3 is 20.1 Å². The SMILES string of the molecule is CC(C)(C)OC(=O)NCCCC[C@@H](CN1C(=O)c2ccccc2C1=O)NC(=O)OCc1ccccc1. The highest BCUT2D eigenvalue weighted by Crippen LogP contribution is 2.23. The van der Waals surface area contributed by atoms with Gasteiger partial charge >= 0.3 is 12.2 Å². The Morgan fingerprint density at radius 3 is 2.11 bits per heavy atom. The Labute approximate surface area is 211 Å². The largest absolute Gasteiger partial charge is 0.445 e. The molecule has 0 spiro atoms. The molecule has 9 heteroatoms. The van der Waals surface area contributed by atoms with Crippen LogP contribution in [0.1, 0.15) is 66.3 Å². The van der Waals surface area contributed by atoms with Crippen LogP contribution in [0.5, 0.6) is 0 Å². The first-order valence-corrected chi connectivity index (χ1v) is 12.0. The van der Waals surface area contributed by atoms with E-state index in [-0.39, 0.29) is 25.0 Å². The van der Waals surface area contributed by atoms with Crippen molar-refractivity contribution in [3.05, 3.63) is 71.3 Å². The van der Waals surface area contributed by atoms with Crippen molar-refractivity contribution >= 4 is 24.0 Å². The molecule has 2 aromatic rings. The van der Waals surface area contributed by atoms with E-state index in [0.29, 0.717) is 36.9 Å². The fourth-order valence-corrected chi connectivity index (χ4v) is 3.79. The minimum atomic E-state index is -0.632. The van der Waals surface area contributed by atoms with Crippen molar-refractivity contribution in [2.75, 3.05) is 13.1 Å². The molecular formula is C27H33N3O6. The van der Waals surface area contributed by atoms with Crippen molar-refractivity contribution in [1.82, 2.24) is 15.5 Å². The van der Waals surface area contributed by atoms with Crippen LogP contribution in [-0.4, -0.2) is 53.6 Å². The van der Waals surface area contributed by atoms with Gasteiger partial charge in [-0.3, -0.25) is 14.5 Å². The van der Waals surface area contributed by atoms with Gasteiger partial charge in [0.2, 0.25) is 0 Å². The highest BCUT2D eigenvalue weighted by atomic mass is 16.6. The molecule has 0 saturated carbocycles. The number of unbranched alkanes of at least 4 members (excludes halogenated alkanes) is 1. The number of ether oxygens (including phenoxy) is 2. The highest BCUT2D eigenvalue weighted by Gasteiger charge is 2.36. The summed E-state index contributed by atoms with van der Waals surface area (Å²) < 4.78 is 10.6. The summed E-state index contributed by atoms with van der Waals surface area (Å²) in [5.74, 6) is -0.765. The summed E-state index contributed by atoms with van der Waals surface area (Å²) >= 11 is 0. The zero-order valence-corrected chi connectivity index (χ0v) is 20.9. The maximum absolute atomic E-state index is 12.8. The number of nitrogens with zero attached hydrogens (tertiary/aromatic N) is 1. The van der Waals surface area contributed by atoms with Crippen molar-refractivity contribution in [3.8, 4) is 0 Å². The number of carbonyl (C=O) groups is 4. The van der Waals surface area contributed by atoms with Crippen molar-refractivity contribution in [2.24, 2.45) is 0 Å². The Bertz CT molecular complexity index is 1050. The minimum Gasteiger partial charge on any atom is -0.445 e. The van der Waals surface area contributed by atoms with E-state index in [2.05, 4.69) is 10.6 Å². The van der Waals surface area contributed by atoms with Crippen LogP contribution in [0.4, 0.5) is 9.59 Å². The van der Waals surface area contributed by atoms with Gasteiger partial charge in [-0.1, -0.05) is 42.5 Å². The van der Waals surface area contributed by atoms with Gasteiger partial charge in [-0.15, -0.1) is 0 Å². The lowest BCUT2D eigenvalue weighted by atomic mass is 10.1. The van der Waals surface area contributed by atoms with Gasteiger partial charge in [0.15, 0.2) is 0 Å². The van der Waals surface area contributed by atoms with Crippen LogP contribution in [0.25, 0.3) is 0 Å². The van der Waals surface area contributed by atoms with E-state index in [1.165, 1.54) is 0 Å². The molecule has 2 N–H and O–H groups in total. The second-order valence-electron chi connectivity index (χ2n) is 9.59. The van der Waals surface area contributed by atoms with Crippen LogP contribution < -0.4 is 10.6 Å². The maximum atomic E-state index is 12.8. The molecule has 2 aromatic carbocycles. The van der Waals surface area contributed by atoms with Crippen LogP contribution in [0, 0.1) is 0 Å². The number of alkyl carbamates (subject to hydrolysis) is 2. The number of hydrogen-bond donors (Lipinski definition) is 2. The number of benzene rings is 2. The van der Waals surface area contributed by atoms with Gasteiger partial charge in [0.05, 0.1) is 17.2 Å². The van der Waals surface area contributed by atoms with E-state index < -0.39 is 23.8 Å². The summed E-state index contributed by atoms with van der Waals surface area (Å²) in [5.41, 5.74) is 0.979. The summed E-state index contributed by atoms with van der Waals surface area (Å²) in [4.78, 5) is 51.1. The number of carbonyl (C=O) groups excluding carboxylic acids is 4. The topological polar surface area (TPSA) is 114 Å². The molecule has 0 radical (unpaired) electrons. The van der Waals surface area contributed by atoms with Gasteiger partial charge in [-0.25, -0.2) is 9.59 Å². The quantitative estimate of drug-likeness (QED) is 0.376. The van der Waals surface area contributed by atoms with E-state index >= 15 is 0 Å². The number of imide groups is 1. The third-order valence-corrected chi connectivity index (χ3v) is 5.46. The zero-order chi connectivity index (χ0) is 26.1. The molecule has 0 saturated heterocycles. The number of fused-ring (bicyclic) bond motifs is 1. The summed E-state index contributed by atoms with van der Waals surface area (Å²) in [7, 11) is 0. The maximum Gasteiger partial charge on any atom is 0.407 e. The monoisotopic (exact) mass is 495 g/mol. The van der Waals surface area contributed by atoms with E-state index in [9.17, 15) is 19.2 Å². The zero-order valence-electron chi connectivity index (χ0n) is 20.9. The predicted octanol–water partition coefficient (Wildman–Crippen LogP) is 4.27. The molecule has 9 nitrogen and oxygen atoms in total. The van der Waals surface area contributed by atoms with Crippen LogP contribution in [0.2, 0.25) is 0 Å². The summed E-state index contributed by atoms with van der Waals surface area (Å²) in [6.07, 6.45) is 0.602. The Morgan fingerprint density at radius 2 is 1.50 bits per heavy atom. The molecule has 1 atom stereocenters. The molecule has 0 aliphatic carbocycles.